The highest BCUT2D eigenvalue weighted by Crippen LogP contribution is 2.22. The van der Waals surface area contributed by atoms with Gasteiger partial charge in [0.1, 0.15) is 5.82 Å². The zero-order valence-electron chi connectivity index (χ0n) is 16.9. The van der Waals surface area contributed by atoms with Crippen molar-refractivity contribution in [2.75, 3.05) is 19.6 Å². The van der Waals surface area contributed by atoms with Crippen LogP contribution in [0.25, 0.3) is 0 Å². The Kier molecular flexibility index (Phi) is 6.60. The lowest BCUT2D eigenvalue weighted by molar-refractivity contribution is 0.126. The predicted molar refractivity (Wildman–Crippen MR) is 104 cm³/mol. The Bertz CT molecular complexity index is 713. The van der Waals surface area contributed by atoms with E-state index >= 15 is 0 Å². The van der Waals surface area contributed by atoms with Gasteiger partial charge in [-0.25, -0.2) is 4.39 Å². The molecule has 1 fully saturated rings. The van der Waals surface area contributed by atoms with Crippen molar-refractivity contribution >= 4 is 0 Å². The summed E-state index contributed by atoms with van der Waals surface area (Å²) in [5, 5.41) is 8.37. The first-order valence-electron chi connectivity index (χ1n) is 9.95. The van der Waals surface area contributed by atoms with E-state index in [4.69, 9.17) is 4.42 Å². The van der Waals surface area contributed by atoms with Crippen LogP contribution in [0.2, 0.25) is 0 Å². The molecular formula is C21H31FN4O. The fourth-order valence-corrected chi connectivity index (χ4v) is 3.69. The van der Waals surface area contributed by atoms with Crippen LogP contribution in [0, 0.1) is 11.7 Å². The second-order valence-electron chi connectivity index (χ2n) is 8.19. The van der Waals surface area contributed by atoms with Crippen molar-refractivity contribution in [3.63, 3.8) is 0 Å². The number of hydrogen-bond acceptors (Lipinski definition) is 5. The van der Waals surface area contributed by atoms with Crippen LogP contribution in [0.5, 0.6) is 0 Å². The highest BCUT2D eigenvalue weighted by atomic mass is 19.1. The molecule has 5 nitrogen and oxygen atoms in total. The zero-order valence-corrected chi connectivity index (χ0v) is 16.9. The summed E-state index contributed by atoms with van der Waals surface area (Å²) >= 11 is 0. The molecule has 0 N–H and O–H groups in total. The van der Waals surface area contributed by atoms with E-state index < -0.39 is 0 Å². The van der Waals surface area contributed by atoms with Gasteiger partial charge >= 0.3 is 0 Å². The Morgan fingerprint density at radius 3 is 2.44 bits per heavy atom. The van der Waals surface area contributed by atoms with Crippen LogP contribution >= 0.6 is 0 Å². The summed E-state index contributed by atoms with van der Waals surface area (Å²) in [7, 11) is 0. The standard InChI is InChI=1S/C21H31FN4O/c1-15(2)19-13-25(14-20-23-24-21(27-20)16(3)4)10-5-11-26(19)12-17-6-8-18(22)9-7-17/h6-9,15-16,19H,5,10-14H2,1-4H3/t19-/m0/s1. The Labute approximate surface area is 161 Å². The van der Waals surface area contributed by atoms with E-state index in [1.165, 1.54) is 0 Å². The minimum absolute atomic E-state index is 0.179. The largest absolute Gasteiger partial charge is 0.424 e. The van der Waals surface area contributed by atoms with Crippen LogP contribution in [0.1, 0.15) is 57.4 Å². The third-order valence-corrected chi connectivity index (χ3v) is 5.24. The summed E-state index contributed by atoms with van der Waals surface area (Å²) < 4.78 is 19.0. The maximum absolute atomic E-state index is 13.2. The number of benzene rings is 1. The molecule has 148 valence electrons. The molecule has 2 aromatic rings. The van der Waals surface area contributed by atoms with Gasteiger partial charge < -0.3 is 4.42 Å². The van der Waals surface area contributed by atoms with Gasteiger partial charge in [-0.2, -0.15) is 0 Å². The summed E-state index contributed by atoms with van der Waals surface area (Å²) in [6, 6.07) is 7.31. The average Bonchev–Trinajstić information content (AvgIpc) is 3.00. The monoisotopic (exact) mass is 374 g/mol. The summed E-state index contributed by atoms with van der Waals surface area (Å²) in [4.78, 5) is 4.96. The maximum Gasteiger partial charge on any atom is 0.230 e. The first-order chi connectivity index (χ1) is 12.9. The van der Waals surface area contributed by atoms with Crippen LogP contribution in [-0.4, -0.2) is 45.7 Å². The van der Waals surface area contributed by atoms with Gasteiger partial charge in [0.25, 0.3) is 0 Å². The van der Waals surface area contributed by atoms with Gasteiger partial charge in [-0.3, -0.25) is 9.80 Å². The topological polar surface area (TPSA) is 45.4 Å². The number of aromatic nitrogens is 2. The molecule has 1 aliphatic heterocycles. The lowest BCUT2D eigenvalue weighted by Crippen LogP contribution is -2.43. The fraction of sp³-hybridized carbons (Fsp3) is 0.619. The fourth-order valence-electron chi connectivity index (χ4n) is 3.69. The highest BCUT2D eigenvalue weighted by Gasteiger charge is 2.28. The Hall–Kier alpha value is -1.79. The molecule has 2 heterocycles. The van der Waals surface area contributed by atoms with E-state index in [1.807, 2.05) is 12.1 Å². The summed E-state index contributed by atoms with van der Waals surface area (Å²) in [6.07, 6.45) is 1.09. The maximum atomic E-state index is 13.2. The Balaban J connectivity index is 1.67. The van der Waals surface area contributed by atoms with Crippen molar-refractivity contribution in [1.82, 2.24) is 20.0 Å². The molecule has 0 unspecified atom stereocenters. The van der Waals surface area contributed by atoms with Crippen LogP contribution in [0.3, 0.4) is 0 Å². The van der Waals surface area contributed by atoms with Gasteiger partial charge in [0.05, 0.1) is 6.54 Å². The van der Waals surface area contributed by atoms with Gasteiger partial charge in [-0.1, -0.05) is 39.8 Å². The molecular weight excluding hydrogens is 343 g/mol. The van der Waals surface area contributed by atoms with E-state index in [0.717, 1.165) is 38.2 Å². The molecule has 0 aliphatic carbocycles. The lowest BCUT2D eigenvalue weighted by Gasteiger charge is -2.34. The van der Waals surface area contributed by atoms with Crippen molar-refractivity contribution in [3.8, 4) is 0 Å². The van der Waals surface area contributed by atoms with E-state index in [9.17, 15) is 4.39 Å². The van der Waals surface area contributed by atoms with Crippen molar-refractivity contribution in [1.29, 1.82) is 0 Å². The van der Waals surface area contributed by atoms with Crippen molar-refractivity contribution in [2.45, 2.75) is 59.2 Å². The van der Waals surface area contributed by atoms with E-state index in [2.05, 4.69) is 47.7 Å². The molecule has 0 bridgehead atoms. The molecule has 0 radical (unpaired) electrons. The summed E-state index contributed by atoms with van der Waals surface area (Å²) in [5.74, 6) is 2.01. The van der Waals surface area contributed by atoms with Crippen molar-refractivity contribution in [2.24, 2.45) is 5.92 Å². The third-order valence-electron chi connectivity index (χ3n) is 5.24. The zero-order chi connectivity index (χ0) is 19.4. The predicted octanol–water partition coefficient (Wildman–Crippen LogP) is 4.06. The van der Waals surface area contributed by atoms with Crippen molar-refractivity contribution in [3.05, 3.63) is 47.4 Å². The number of hydrogen-bond donors (Lipinski definition) is 0. The van der Waals surface area contributed by atoms with E-state index in [0.29, 0.717) is 30.3 Å². The second-order valence-corrected chi connectivity index (χ2v) is 8.19. The number of nitrogens with zero attached hydrogens (tertiary/aromatic N) is 4. The SMILES string of the molecule is CC(C)c1nnc(CN2CCCN(Cc3ccc(F)cc3)[C@H](C(C)C)C2)o1. The molecule has 3 rings (SSSR count). The number of halogens is 1. The van der Waals surface area contributed by atoms with E-state index in [1.54, 1.807) is 12.1 Å². The average molecular weight is 375 g/mol. The molecule has 0 saturated carbocycles. The lowest BCUT2D eigenvalue weighted by atomic mass is 10.0. The summed E-state index contributed by atoms with van der Waals surface area (Å²) in [6.45, 7) is 13.3. The smallest absolute Gasteiger partial charge is 0.230 e. The molecule has 6 heteroatoms. The highest BCUT2D eigenvalue weighted by molar-refractivity contribution is 5.16. The Morgan fingerprint density at radius 1 is 1.07 bits per heavy atom. The molecule has 1 atom stereocenters. The van der Waals surface area contributed by atoms with Gasteiger partial charge in [-0.05, 0) is 36.6 Å². The second kappa shape index (κ2) is 8.93. The van der Waals surface area contributed by atoms with Gasteiger partial charge in [-0.15, -0.1) is 10.2 Å². The van der Waals surface area contributed by atoms with Crippen LogP contribution < -0.4 is 0 Å². The summed E-state index contributed by atoms with van der Waals surface area (Å²) in [5.41, 5.74) is 1.16. The molecule has 1 saturated heterocycles. The normalized spacial score (nSPS) is 19.7. The molecule has 27 heavy (non-hydrogen) atoms. The molecule has 1 aliphatic rings. The molecule has 0 spiro atoms. The van der Waals surface area contributed by atoms with Gasteiger partial charge in [0.2, 0.25) is 11.8 Å². The van der Waals surface area contributed by atoms with Crippen LogP contribution in [0.15, 0.2) is 28.7 Å². The molecule has 1 aromatic heterocycles. The van der Waals surface area contributed by atoms with Gasteiger partial charge in [0, 0.05) is 31.6 Å². The van der Waals surface area contributed by atoms with Crippen LogP contribution in [-0.2, 0) is 13.1 Å². The minimum atomic E-state index is -0.179. The first kappa shape index (κ1) is 20.0. The first-order valence-corrected chi connectivity index (χ1v) is 9.95. The van der Waals surface area contributed by atoms with E-state index in [-0.39, 0.29) is 11.7 Å². The quantitative estimate of drug-likeness (QED) is 0.763. The number of rotatable bonds is 6. The van der Waals surface area contributed by atoms with Gasteiger partial charge in [0.15, 0.2) is 0 Å². The molecule has 0 amide bonds. The third kappa shape index (κ3) is 5.36. The Morgan fingerprint density at radius 2 is 1.81 bits per heavy atom. The van der Waals surface area contributed by atoms with Crippen molar-refractivity contribution < 1.29 is 8.81 Å². The van der Waals surface area contributed by atoms with Crippen LogP contribution in [0.4, 0.5) is 4.39 Å². The molecule has 1 aromatic carbocycles. The minimum Gasteiger partial charge on any atom is -0.424 e.